The van der Waals surface area contributed by atoms with Gasteiger partial charge in [-0.3, -0.25) is 4.79 Å². The topological polar surface area (TPSA) is 91.8 Å². The van der Waals surface area contributed by atoms with E-state index in [1.807, 2.05) is 19.9 Å². The summed E-state index contributed by atoms with van der Waals surface area (Å²) in [7, 11) is 0. The van der Waals surface area contributed by atoms with Crippen LogP contribution in [-0.2, 0) is 12.1 Å². The highest BCUT2D eigenvalue weighted by atomic mass is 127. The smallest absolute Gasteiger partial charge is 0.250 e. The van der Waals surface area contributed by atoms with Crippen LogP contribution in [0.15, 0.2) is 50.8 Å². The molecule has 0 aliphatic carbocycles. The summed E-state index contributed by atoms with van der Waals surface area (Å²) in [5.74, 6) is 1.14. The van der Waals surface area contributed by atoms with Crippen LogP contribution in [0.4, 0.5) is 0 Å². The van der Waals surface area contributed by atoms with Crippen molar-refractivity contribution >= 4 is 29.9 Å². The molecule has 156 valence electrons. The van der Waals surface area contributed by atoms with Crippen LogP contribution in [0.1, 0.15) is 38.1 Å². The van der Waals surface area contributed by atoms with Gasteiger partial charge in [-0.1, -0.05) is 6.07 Å². The lowest BCUT2D eigenvalue weighted by atomic mass is 10.0. The fourth-order valence-corrected chi connectivity index (χ4v) is 2.75. The number of pyridine rings is 1. The highest BCUT2D eigenvalue weighted by Crippen LogP contribution is 2.20. The normalized spacial score (nSPS) is 13.5. The van der Waals surface area contributed by atoms with E-state index in [9.17, 15) is 9.90 Å². The van der Waals surface area contributed by atoms with E-state index in [0.717, 1.165) is 31.6 Å². The van der Waals surface area contributed by atoms with Crippen LogP contribution in [0.5, 0.6) is 0 Å². The molecule has 7 nitrogen and oxygen atoms in total. The first-order valence-corrected chi connectivity index (χ1v) is 9.39. The van der Waals surface area contributed by atoms with Gasteiger partial charge in [0.1, 0.15) is 11.4 Å². The molecule has 1 atom stereocenters. The second kappa shape index (κ2) is 11.9. The molecule has 8 heteroatoms. The molecule has 0 fully saturated rings. The van der Waals surface area contributed by atoms with E-state index >= 15 is 0 Å². The summed E-state index contributed by atoms with van der Waals surface area (Å²) in [5, 5.41) is 16.9. The SMILES string of the molecule is CCNC(=NCC(C)(O)c1ccco1)NCCCCn1c(C)cccc1=O.I. The van der Waals surface area contributed by atoms with Crippen molar-refractivity contribution in [1.82, 2.24) is 15.2 Å². The molecule has 2 heterocycles. The minimum Gasteiger partial charge on any atom is -0.466 e. The van der Waals surface area contributed by atoms with E-state index in [-0.39, 0.29) is 36.1 Å². The first-order chi connectivity index (χ1) is 12.9. The molecule has 0 bridgehead atoms. The maximum absolute atomic E-state index is 11.9. The minimum absolute atomic E-state index is 0. The summed E-state index contributed by atoms with van der Waals surface area (Å²) >= 11 is 0. The molecule has 0 saturated heterocycles. The molecular formula is C20H31IN4O3. The van der Waals surface area contributed by atoms with Gasteiger partial charge in [-0.25, -0.2) is 4.99 Å². The van der Waals surface area contributed by atoms with Crippen LogP contribution in [-0.4, -0.2) is 35.3 Å². The molecule has 28 heavy (non-hydrogen) atoms. The summed E-state index contributed by atoms with van der Waals surface area (Å²) in [5.41, 5.74) is -0.138. The Bertz CT molecular complexity index is 785. The number of unbranched alkanes of at least 4 members (excludes halogenated alkanes) is 1. The second-order valence-electron chi connectivity index (χ2n) is 6.74. The molecule has 0 saturated carbocycles. The monoisotopic (exact) mass is 502 g/mol. The highest BCUT2D eigenvalue weighted by Gasteiger charge is 2.25. The largest absolute Gasteiger partial charge is 0.466 e. The van der Waals surface area contributed by atoms with E-state index < -0.39 is 5.60 Å². The fraction of sp³-hybridized carbons (Fsp3) is 0.500. The van der Waals surface area contributed by atoms with Gasteiger partial charge in [0.25, 0.3) is 5.56 Å². The number of hydrogen-bond donors (Lipinski definition) is 3. The van der Waals surface area contributed by atoms with Crippen molar-refractivity contribution in [1.29, 1.82) is 0 Å². The van der Waals surface area contributed by atoms with Crippen LogP contribution in [0.25, 0.3) is 0 Å². The zero-order valence-corrected chi connectivity index (χ0v) is 19.1. The van der Waals surface area contributed by atoms with Crippen molar-refractivity contribution in [3.63, 3.8) is 0 Å². The molecule has 0 radical (unpaired) electrons. The number of halogens is 1. The number of guanidine groups is 1. The maximum atomic E-state index is 11.9. The average molecular weight is 502 g/mol. The van der Waals surface area contributed by atoms with E-state index in [2.05, 4.69) is 15.6 Å². The number of aliphatic hydroxyl groups is 1. The van der Waals surface area contributed by atoms with Crippen LogP contribution in [0.3, 0.4) is 0 Å². The Morgan fingerprint density at radius 2 is 2.04 bits per heavy atom. The molecule has 1 unspecified atom stereocenters. The molecule has 0 aromatic carbocycles. The first kappa shape index (κ1) is 24.2. The van der Waals surface area contributed by atoms with Gasteiger partial charge in [-0.05, 0) is 51.8 Å². The molecule has 0 spiro atoms. The third kappa shape index (κ3) is 7.31. The Balaban J connectivity index is 0.00000392. The van der Waals surface area contributed by atoms with Crippen molar-refractivity contribution in [2.45, 2.75) is 45.8 Å². The van der Waals surface area contributed by atoms with Gasteiger partial charge < -0.3 is 24.7 Å². The van der Waals surface area contributed by atoms with Crippen molar-refractivity contribution in [2.75, 3.05) is 19.6 Å². The summed E-state index contributed by atoms with van der Waals surface area (Å²) in [6.07, 6.45) is 3.33. The number of rotatable bonds is 9. The number of aromatic nitrogens is 1. The summed E-state index contributed by atoms with van der Waals surface area (Å²) in [6, 6.07) is 8.80. The summed E-state index contributed by atoms with van der Waals surface area (Å²) in [6.45, 7) is 7.97. The zero-order valence-electron chi connectivity index (χ0n) is 16.8. The second-order valence-corrected chi connectivity index (χ2v) is 6.74. The van der Waals surface area contributed by atoms with Gasteiger partial charge in [0.15, 0.2) is 5.96 Å². The molecular weight excluding hydrogens is 471 g/mol. The van der Waals surface area contributed by atoms with Crippen LogP contribution in [0.2, 0.25) is 0 Å². The average Bonchev–Trinajstić information content (AvgIpc) is 3.17. The lowest BCUT2D eigenvalue weighted by molar-refractivity contribution is 0.0437. The lowest BCUT2D eigenvalue weighted by Crippen LogP contribution is -2.39. The van der Waals surface area contributed by atoms with E-state index in [1.165, 1.54) is 6.26 Å². The zero-order chi connectivity index (χ0) is 19.7. The van der Waals surface area contributed by atoms with Gasteiger partial charge in [0.2, 0.25) is 0 Å². The minimum atomic E-state index is -1.15. The van der Waals surface area contributed by atoms with Gasteiger partial charge in [0, 0.05) is 31.4 Å². The van der Waals surface area contributed by atoms with Crippen LogP contribution < -0.4 is 16.2 Å². The van der Waals surface area contributed by atoms with Crippen molar-refractivity contribution in [3.8, 4) is 0 Å². The summed E-state index contributed by atoms with van der Waals surface area (Å²) < 4.78 is 7.07. The van der Waals surface area contributed by atoms with Crippen LogP contribution in [0, 0.1) is 6.92 Å². The van der Waals surface area contributed by atoms with Crippen molar-refractivity contribution in [3.05, 3.63) is 58.4 Å². The Labute approximate surface area is 183 Å². The molecule has 3 N–H and O–H groups in total. The lowest BCUT2D eigenvalue weighted by Gasteiger charge is -2.19. The molecule has 2 rings (SSSR count). The third-order valence-corrected chi connectivity index (χ3v) is 4.31. The van der Waals surface area contributed by atoms with Crippen molar-refractivity contribution in [2.24, 2.45) is 4.99 Å². The predicted octanol–water partition coefficient (Wildman–Crippen LogP) is 2.61. The maximum Gasteiger partial charge on any atom is 0.250 e. The van der Waals surface area contributed by atoms with Crippen molar-refractivity contribution < 1.29 is 9.52 Å². The molecule has 0 amide bonds. The number of nitrogens with one attached hydrogen (secondary N) is 2. The fourth-order valence-electron chi connectivity index (χ4n) is 2.75. The third-order valence-electron chi connectivity index (χ3n) is 4.31. The van der Waals surface area contributed by atoms with Gasteiger partial charge in [-0.2, -0.15) is 0 Å². The molecule has 0 aliphatic heterocycles. The number of aliphatic imine (C=N–C) groups is 1. The number of furan rings is 1. The summed E-state index contributed by atoms with van der Waals surface area (Å²) in [4.78, 5) is 16.3. The van der Waals surface area contributed by atoms with E-state index in [4.69, 9.17) is 4.42 Å². The standard InChI is InChI=1S/C20H30N4O3.HI/c1-4-21-19(23-15-20(3,26)17-10-8-14-27-17)22-12-5-6-13-24-16(2)9-7-11-18(24)25;/h7-11,14,26H,4-6,12-13,15H2,1-3H3,(H2,21,22,23);1H. The molecule has 2 aromatic rings. The number of aryl methyl sites for hydroxylation is 1. The first-order valence-electron chi connectivity index (χ1n) is 9.39. The van der Waals surface area contributed by atoms with Gasteiger partial charge in [-0.15, -0.1) is 24.0 Å². The Morgan fingerprint density at radius 3 is 2.68 bits per heavy atom. The van der Waals surface area contributed by atoms with Crippen LogP contribution >= 0.6 is 24.0 Å². The number of hydrogen-bond acceptors (Lipinski definition) is 4. The number of nitrogens with zero attached hydrogens (tertiary/aromatic N) is 2. The van der Waals surface area contributed by atoms with Gasteiger partial charge >= 0.3 is 0 Å². The Morgan fingerprint density at radius 1 is 1.25 bits per heavy atom. The van der Waals surface area contributed by atoms with E-state index in [0.29, 0.717) is 18.3 Å². The molecule has 2 aromatic heterocycles. The highest BCUT2D eigenvalue weighted by molar-refractivity contribution is 14.0. The van der Waals surface area contributed by atoms with Gasteiger partial charge in [0.05, 0.1) is 12.8 Å². The Kier molecular flexibility index (Phi) is 10.3. The Hall–Kier alpha value is -1.81. The predicted molar refractivity (Wildman–Crippen MR) is 122 cm³/mol. The quantitative estimate of drug-likeness (QED) is 0.212. The molecule has 0 aliphatic rings. The van der Waals surface area contributed by atoms with E-state index in [1.54, 1.807) is 35.8 Å².